The Morgan fingerprint density at radius 3 is 2.42 bits per heavy atom. The van der Waals surface area contributed by atoms with Gasteiger partial charge in [-0.2, -0.15) is 0 Å². The number of rotatable bonds is 7. The second kappa shape index (κ2) is 10.2. The molecule has 6 nitrogen and oxygen atoms in total. The topological polar surface area (TPSA) is 70.7 Å². The zero-order chi connectivity index (χ0) is 18.9. The van der Waals surface area contributed by atoms with E-state index in [1.54, 1.807) is 0 Å². The van der Waals surface area contributed by atoms with Crippen LogP contribution in [0.5, 0.6) is 0 Å². The van der Waals surface area contributed by atoms with Crippen molar-refractivity contribution in [2.24, 2.45) is 5.92 Å². The fourth-order valence-electron chi connectivity index (χ4n) is 3.10. The van der Waals surface area contributed by atoms with Crippen molar-refractivity contribution in [3.63, 3.8) is 0 Å². The van der Waals surface area contributed by atoms with Crippen molar-refractivity contribution >= 4 is 12.0 Å². The predicted octanol–water partition coefficient (Wildman–Crippen LogP) is 2.49. The lowest BCUT2D eigenvalue weighted by molar-refractivity contribution is -0.123. The lowest BCUT2D eigenvalue weighted by Crippen LogP contribution is -2.39. The van der Waals surface area contributed by atoms with Crippen molar-refractivity contribution in [2.75, 3.05) is 33.3 Å². The number of hydrogen-bond acceptors (Lipinski definition) is 4. The summed E-state index contributed by atoms with van der Waals surface area (Å²) in [5.41, 5.74) is 2.73. The minimum absolute atomic E-state index is 0.240. The highest BCUT2D eigenvalue weighted by Gasteiger charge is 2.20. The zero-order valence-electron chi connectivity index (χ0n) is 16.1. The number of benzene rings is 1. The van der Waals surface area contributed by atoms with E-state index >= 15 is 0 Å². The maximum absolute atomic E-state index is 11.6. The van der Waals surface area contributed by atoms with Crippen LogP contribution >= 0.6 is 0 Å². The van der Waals surface area contributed by atoms with Crippen LogP contribution in [-0.4, -0.2) is 50.2 Å². The van der Waals surface area contributed by atoms with E-state index < -0.39 is 6.09 Å². The molecule has 144 valence electrons. The number of amides is 2. The smallest absolute Gasteiger partial charge is 0.407 e. The molecule has 1 fully saturated rings. The Morgan fingerprint density at radius 2 is 1.85 bits per heavy atom. The van der Waals surface area contributed by atoms with Gasteiger partial charge in [-0.3, -0.25) is 9.69 Å². The van der Waals surface area contributed by atoms with Crippen LogP contribution in [0.3, 0.4) is 0 Å². The highest BCUT2D eigenvalue weighted by atomic mass is 16.6. The number of ether oxygens (including phenoxy) is 1. The third-order valence-electron chi connectivity index (χ3n) is 4.91. The summed E-state index contributed by atoms with van der Waals surface area (Å²) >= 11 is 0. The van der Waals surface area contributed by atoms with Gasteiger partial charge >= 0.3 is 6.09 Å². The fourth-order valence-corrected chi connectivity index (χ4v) is 3.10. The number of carbonyl (C=O) groups excluding carboxylic acids is 2. The van der Waals surface area contributed by atoms with Crippen LogP contribution in [0.4, 0.5) is 4.79 Å². The first-order chi connectivity index (χ1) is 12.5. The van der Waals surface area contributed by atoms with Crippen molar-refractivity contribution in [1.29, 1.82) is 0 Å². The van der Waals surface area contributed by atoms with E-state index in [9.17, 15) is 9.59 Å². The molecule has 0 aromatic heterocycles. The predicted molar refractivity (Wildman–Crippen MR) is 102 cm³/mol. The Hall–Kier alpha value is -2.08. The molecule has 1 aliphatic rings. The molecule has 0 saturated carbocycles. The minimum atomic E-state index is -0.527. The maximum atomic E-state index is 11.6. The molecule has 1 saturated heterocycles. The quantitative estimate of drug-likeness (QED) is 0.783. The van der Waals surface area contributed by atoms with Crippen molar-refractivity contribution < 1.29 is 14.3 Å². The lowest BCUT2D eigenvalue weighted by atomic mass is 9.96. The van der Waals surface area contributed by atoms with Gasteiger partial charge in [-0.25, -0.2) is 4.79 Å². The summed E-state index contributed by atoms with van der Waals surface area (Å²) in [6.45, 7) is 7.83. The summed E-state index contributed by atoms with van der Waals surface area (Å²) in [4.78, 5) is 25.1. The number of likely N-dealkylation sites (tertiary alicyclic amines) is 1. The van der Waals surface area contributed by atoms with Gasteiger partial charge in [-0.05, 0) is 48.9 Å². The second-order valence-electron chi connectivity index (χ2n) is 7.25. The number of hydrogen-bond donors (Lipinski definition) is 2. The summed E-state index contributed by atoms with van der Waals surface area (Å²) in [6, 6.07) is 8.90. The number of likely N-dealkylation sites (N-methyl/N-ethyl adjacent to an activating group) is 1. The van der Waals surface area contributed by atoms with E-state index in [2.05, 4.69) is 53.6 Å². The van der Waals surface area contributed by atoms with Gasteiger partial charge < -0.3 is 15.4 Å². The van der Waals surface area contributed by atoms with E-state index in [1.165, 1.54) is 18.2 Å². The van der Waals surface area contributed by atoms with Crippen LogP contribution in [0.15, 0.2) is 24.3 Å². The molecule has 1 aliphatic heterocycles. The van der Waals surface area contributed by atoms with Crippen LogP contribution in [0.1, 0.15) is 43.7 Å². The molecule has 0 aliphatic carbocycles. The second-order valence-corrected chi connectivity index (χ2v) is 7.25. The normalized spacial score (nSPS) is 15.7. The molecule has 6 heteroatoms. The number of nitrogens with zero attached hydrogens (tertiary/aromatic N) is 1. The largest absolute Gasteiger partial charge is 0.439 e. The van der Waals surface area contributed by atoms with Crippen LogP contribution in [-0.2, 0) is 16.1 Å². The van der Waals surface area contributed by atoms with Crippen molar-refractivity contribution in [1.82, 2.24) is 15.5 Å². The summed E-state index contributed by atoms with van der Waals surface area (Å²) in [5, 5.41) is 5.16. The van der Waals surface area contributed by atoms with Crippen LogP contribution in [0.2, 0.25) is 0 Å². The first-order valence-corrected chi connectivity index (χ1v) is 9.40. The standard InChI is InChI=1S/C20H31N3O3/c1-15(2)18-6-4-17(5-7-18)13-23-10-8-16(9-11-23)12-22-20(25)26-14-19(24)21-3/h4-7,15-16H,8-14H2,1-3H3,(H,21,24)(H,22,25). The van der Waals surface area contributed by atoms with E-state index in [1.807, 2.05) is 0 Å². The van der Waals surface area contributed by atoms with Gasteiger partial charge in [0.2, 0.25) is 0 Å². The van der Waals surface area contributed by atoms with Crippen molar-refractivity contribution in [3.8, 4) is 0 Å². The monoisotopic (exact) mass is 361 g/mol. The van der Waals surface area contributed by atoms with Gasteiger partial charge in [-0.15, -0.1) is 0 Å². The Bertz CT molecular complexity index is 578. The van der Waals surface area contributed by atoms with E-state index in [-0.39, 0.29) is 12.5 Å². The average molecular weight is 361 g/mol. The summed E-state index contributed by atoms with van der Waals surface area (Å²) < 4.78 is 4.84. The molecule has 0 radical (unpaired) electrons. The average Bonchev–Trinajstić information content (AvgIpc) is 2.66. The van der Waals surface area contributed by atoms with Crippen molar-refractivity contribution in [3.05, 3.63) is 35.4 Å². The lowest BCUT2D eigenvalue weighted by Gasteiger charge is -2.32. The molecular formula is C20H31N3O3. The molecule has 2 N–H and O–H groups in total. The van der Waals surface area contributed by atoms with E-state index in [0.29, 0.717) is 18.4 Å². The Balaban J connectivity index is 1.65. The maximum Gasteiger partial charge on any atom is 0.407 e. The molecule has 0 spiro atoms. The number of nitrogens with one attached hydrogen (secondary N) is 2. The van der Waals surface area contributed by atoms with Gasteiger partial charge in [0.25, 0.3) is 5.91 Å². The zero-order valence-corrected chi connectivity index (χ0v) is 16.1. The molecule has 1 aromatic carbocycles. The van der Waals surface area contributed by atoms with Gasteiger partial charge in [0, 0.05) is 20.1 Å². The summed E-state index contributed by atoms with van der Waals surface area (Å²) in [5.74, 6) is 0.715. The van der Waals surface area contributed by atoms with Gasteiger partial charge in [0.1, 0.15) is 0 Å². The Labute approximate surface area is 156 Å². The Kier molecular flexibility index (Phi) is 7.91. The highest BCUT2D eigenvalue weighted by molar-refractivity contribution is 5.79. The van der Waals surface area contributed by atoms with Crippen LogP contribution in [0.25, 0.3) is 0 Å². The summed E-state index contributed by atoms with van der Waals surface area (Å²) in [6.07, 6.45) is 1.58. The van der Waals surface area contributed by atoms with Gasteiger partial charge in [0.15, 0.2) is 6.61 Å². The third kappa shape index (κ3) is 6.67. The van der Waals surface area contributed by atoms with Gasteiger partial charge in [0.05, 0.1) is 0 Å². The molecule has 1 heterocycles. The van der Waals surface area contributed by atoms with Gasteiger partial charge in [-0.1, -0.05) is 38.1 Å². The number of alkyl carbamates (subject to hydrolysis) is 1. The first-order valence-electron chi connectivity index (χ1n) is 9.40. The van der Waals surface area contributed by atoms with E-state index in [4.69, 9.17) is 4.74 Å². The SMILES string of the molecule is CNC(=O)COC(=O)NCC1CCN(Cc2ccc(C(C)C)cc2)CC1. The highest BCUT2D eigenvalue weighted by Crippen LogP contribution is 2.20. The molecule has 1 aromatic rings. The summed E-state index contributed by atoms with van der Waals surface area (Å²) in [7, 11) is 1.51. The molecule has 0 atom stereocenters. The number of piperidine rings is 1. The van der Waals surface area contributed by atoms with Crippen LogP contribution < -0.4 is 10.6 Å². The minimum Gasteiger partial charge on any atom is -0.439 e. The third-order valence-corrected chi connectivity index (χ3v) is 4.91. The van der Waals surface area contributed by atoms with Crippen LogP contribution in [0, 0.1) is 5.92 Å². The molecule has 0 unspecified atom stereocenters. The van der Waals surface area contributed by atoms with Crippen molar-refractivity contribution in [2.45, 2.75) is 39.2 Å². The molecule has 26 heavy (non-hydrogen) atoms. The molecule has 2 rings (SSSR count). The first kappa shape index (κ1) is 20.2. The molecule has 2 amide bonds. The number of carbonyl (C=O) groups is 2. The van der Waals surface area contributed by atoms with E-state index in [0.717, 1.165) is 32.5 Å². The molecular weight excluding hydrogens is 330 g/mol. The Morgan fingerprint density at radius 1 is 1.19 bits per heavy atom. The fraction of sp³-hybridized carbons (Fsp3) is 0.600. The molecule has 0 bridgehead atoms.